The molecule has 8 rings (SSSR count). The highest BCUT2D eigenvalue weighted by molar-refractivity contribution is 7.98. The molecule has 17 heteroatoms. The van der Waals surface area contributed by atoms with Gasteiger partial charge in [-0.1, -0.05) is 24.1 Å². The molecule has 4 heterocycles. The Labute approximate surface area is 342 Å². The topological polar surface area (TPSA) is 89.2 Å². The number of halogens is 7. The number of likely N-dealkylation sites (N-methyl/N-ethyl adjacent to an activating group) is 1. The summed E-state index contributed by atoms with van der Waals surface area (Å²) in [6.07, 6.45) is -4.23. The number of carbonyl (C=O) groups excluding carboxylic acids is 1. The van der Waals surface area contributed by atoms with E-state index in [-0.39, 0.29) is 29.9 Å². The normalized spacial score (nSPS) is 20.3. The predicted molar refractivity (Wildman–Crippen MR) is 214 cm³/mol. The molecule has 316 valence electrons. The number of alkyl halides is 5. The molecule has 4 atom stereocenters. The lowest BCUT2D eigenvalue weighted by Gasteiger charge is -2.30. The Bertz CT molecular complexity index is 2670. The number of Topliss-reactive ketones (excluding diaryl/α,β-unsaturated/α-hetero) is 1. The number of ketones is 1. The van der Waals surface area contributed by atoms with E-state index >= 15 is 8.78 Å². The molecule has 0 spiro atoms. The SMILES string of the molecule is C=S(C)(=O)Cc1nn(C)c2c(-c3ccc(C#CCN4CCN(C)CC4)nc3[C@@H](CC(=O)Cn3nc(C(F)(F)F)c4c3C(F)(F)[C@@H]3C[C@H]43)Cc3cc(F)cc(F)c3)cccc12. The van der Waals surface area contributed by atoms with Crippen LogP contribution < -0.4 is 0 Å². The molecule has 1 saturated carbocycles. The van der Waals surface area contributed by atoms with Gasteiger partial charge in [0.25, 0.3) is 5.92 Å². The van der Waals surface area contributed by atoms with Gasteiger partial charge in [0.05, 0.1) is 29.2 Å². The zero-order chi connectivity index (χ0) is 42.9. The number of pyridine rings is 1. The van der Waals surface area contributed by atoms with Gasteiger partial charge in [-0.05, 0) is 76.9 Å². The largest absolute Gasteiger partial charge is 0.435 e. The zero-order valence-electron chi connectivity index (χ0n) is 33.1. The average Bonchev–Trinajstić information content (AvgIpc) is 3.70. The van der Waals surface area contributed by atoms with Crippen LogP contribution in [-0.2, 0) is 52.2 Å². The van der Waals surface area contributed by atoms with Gasteiger partial charge >= 0.3 is 6.18 Å². The fraction of sp³-hybridized carbons (Fsp3) is 0.419. The highest BCUT2D eigenvalue weighted by Gasteiger charge is 2.68. The number of piperazine rings is 1. The van der Waals surface area contributed by atoms with Crippen molar-refractivity contribution in [1.82, 2.24) is 34.3 Å². The third-order valence-electron chi connectivity index (χ3n) is 11.5. The van der Waals surface area contributed by atoms with E-state index < -0.39 is 86.7 Å². The van der Waals surface area contributed by atoms with Crippen molar-refractivity contribution in [3.05, 3.63) is 99.8 Å². The van der Waals surface area contributed by atoms with Crippen LogP contribution in [0, 0.1) is 29.4 Å². The fourth-order valence-corrected chi connectivity index (χ4v) is 9.52. The fourth-order valence-electron chi connectivity index (χ4n) is 8.73. The molecular weight excluding hydrogens is 812 g/mol. The number of carbonyl (C=O) groups is 1. The first-order chi connectivity index (χ1) is 28.3. The van der Waals surface area contributed by atoms with Gasteiger partial charge in [0, 0.05) is 85.9 Å². The molecule has 1 aliphatic heterocycles. The Balaban J connectivity index is 1.23. The Hall–Kier alpha value is -5.05. The first-order valence-corrected chi connectivity index (χ1v) is 21.8. The number of hydrogen-bond donors (Lipinski definition) is 0. The Morgan fingerprint density at radius 3 is 2.42 bits per heavy atom. The number of aromatic nitrogens is 5. The Kier molecular flexibility index (Phi) is 10.7. The predicted octanol–water partition coefficient (Wildman–Crippen LogP) is 6.77. The number of fused-ring (bicyclic) bond motifs is 4. The summed E-state index contributed by atoms with van der Waals surface area (Å²) < 4.78 is 118. The second kappa shape index (κ2) is 15.4. The van der Waals surface area contributed by atoms with E-state index in [1.165, 1.54) is 6.26 Å². The van der Waals surface area contributed by atoms with Gasteiger partial charge in [0.15, 0.2) is 11.5 Å². The van der Waals surface area contributed by atoms with Crippen LogP contribution in [0.5, 0.6) is 0 Å². The van der Waals surface area contributed by atoms with Crippen molar-refractivity contribution in [2.75, 3.05) is 46.0 Å². The molecule has 1 saturated heterocycles. The molecule has 0 N–H and O–H groups in total. The smallest absolute Gasteiger partial charge is 0.304 e. The van der Waals surface area contributed by atoms with Gasteiger partial charge in [-0.25, -0.2) is 13.8 Å². The molecule has 1 unspecified atom stereocenters. The summed E-state index contributed by atoms with van der Waals surface area (Å²) in [4.78, 5) is 23.5. The lowest BCUT2D eigenvalue weighted by Crippen LogP contribution is -2.44. The van der Waals surface area contributed by atoms with Gasteiger partial charge in [0.1, 0.15) is 29.6 Å². The molecule has 9 nitrogen and oxygen atoms in total. The van der Waals surface area contributed by atoms with Crippen LogP contribution in [0.15, 0.2) is 48.5 Å². The maximum absolute atomic E-state index is 15.5. The zero-order valence-corrected chi connectivity index (χ0v) is 33.9. The molecule has 3 aliphatic rings. The van der Waals surface area contributed by atoms with Gasteiger partial charge in [-0.3, -0.25) is 23.3 Å². The second-order valence-electron chi connectivity index (χ2n) is 16.4. The highest BCUT2D eigenvalue weighted by Crippen LogP contribution is 2.68. The van der Waals surface area contributed by atoms with Crippen molar-refractivity contribution < 1.29 is 39.7 Å². The van der Waals surface area contributed by atoms with E-state index in [4.69, 9.17) is 4.98 Å². The van der Waals surface area contributed by atoms with Gasteiger partial charge in [-0.2, -0.15) is 32.1 Å². The van der Waals surface area contributed by atoms with E-state index in [0.717, 1.165) is 38.3 Å². The number of benzene rings is 2. The molecule has 5 aromatic rings. The molecule has 0 bridgehead atoms. The summed E-state index contributed by atoms with van der Waals surface area (Å²) in [5.41, 5.74) is 0.131. The molecule has 2 aromatic carbocycles. The summed E-state index contributed by atoms with van der Waals surface area (Å²) in [5, 5.41) is 8.88. The third-order valence-corrected chi connectivity index (χ3v) is 12.4. The van der Waals surface area contributed by atoms with Crippen molar-refractivity contribution in [3.63, 3.8) is 0 Å². The summed E-state index contributed by atoms with van der Waals surface area (Å²) >= 11 is 0. The quantitative estimate of drug-likeness (QED) is 0.0824. The van der Waals surface area contributed by atoms with Crippen LogP contribution in [0.25, 0.3) is 22.0 Å². The Morgan fingerprint density at radius 2 is 1.73 bits per heavy atom. The first-order valence-electron chi connectivity index (χ1n) is 19.4. The van der Waals surface area contributed by atoms with Gasteiger partial charge in [-0.15, -0.1) is 0 Å². The van der Waals surface area contributed by atoms with E-state index in [9.17, 15) is 31.0 Å². The summed E-state index contributed by atoms with van der Waals surface area (Å²) in [6.45, 7) is 2.99. The lowest BCUT2D eigenvalue weighted by molar-refractivity contribution is -0.142. The van der Waals surface area contributed by atoms with Crippen molar-refractivity contribution in [3.8, 4) is 23.0 Å². The number of hydrogen-bond acceptors (Lipinski definition) is 7. The van der Waals surface area contributed by atoms with Crippen LogP contribution in [0.3, 0.4) is 0 Å². The maximum atomic E-state index is 15.5. The summed E-state index contributed by atoms with van der Waals surface area (Å²) in [6, 6.07) is 11.8. The third kappa shape index (κ3) is 8.33. The number of para-hydroxylation sites is 1. The minimum absolute atomic E-state index is 0.0940. The Morgan fingerprint density at radius 1 is 1.02 bits per heavy atom. The van der Waals surface area contributed by atoms with Crippen molar-refractivity contribution >= 4 is 32.1 Å². The van der Waals surface area contributed by atoms with Gasteiger partial charge < -0.3 is 4.90 Å². The first kappa shape index (κ1) is 41.7. The van der Waals surface area contributed by atoms with Crippen molar-refractivity contribution in [2.24, 2.45) is 13.0 Å². The van der Waals surface area contributed by atoms with E-state index in [1.54, 1.807) is 36.0 Å². The molecule has 2 aliphatic carbocycles. The molecular formula is C43H42F7N7O2S. The second-order valence-corrected chi connectivity index (χ2v) is 19.0. The van der Waals surface area contributed by atoms with Gasteiger partial charge in [0.2, 0.25) is 0 Å². The molecule has 3 aromatic heterocycles. The minimum atomic E-state index is -5.02. The molecule has 2 fully saturated rings. The van der Waals surface area contributed by atoms with E-state index in [1.807, 2.05) is 13.1 Å². The van der Waals surface area contributed by atoms with Crippen LogP contribution in [0.4, 0.5) is 30.7 Å². The van der Waals surface area contributed by atoms with Crippen LogP contribution in [-0.4, -0.2) is 96.2 Å². The lowest BCUT2D eigenvalue weighted by atomic mass is 9.86. The van der Waals surface area contributed by atoms with E-state index in [2.05, 4.69) is 37.7 Å². The standard InChI is InChI=1S/C43H42F7N7O2S/c1-54-13-15-56(16-14-54)12-6-7-29-10-11-31(32-8-5-9-33-36(24-60(3,4)59)52-55(2)39(32)33)38(51-29)26(17-25-18-27(44)21-28(45)19-25)20-30(58)23-57-41-37(40(53-57)43(48,49)50)34-22-35(34)42(41,46)47/h5,8-11,18-19,21,26,34-35H,3,12-17,20,22-24H2,1-2,4H3/t26-,34+,35-,60?/m1/s1. The van der Waals surface area contributed by atoms with Crippen LogP contribution in [0.2, 0.25) is 0 Å². The number of aryl methyl sites for hydroxylation is 1. The molecule has 0 amide bonds. The van der Waals surface area contributed by atoms with Crippen molar-refractivity contribution in [2.45, 2.75) is 55.5 Å². The minimum Gasteiger partial charge on any atom is -0.304 e. The van der Waals surface area contributed by atoms with Crippen LogP contribution in [0.1, 0.15) is 64.3 Å². The molecule has 60 heavy (non-hydrogen) atoms. The average molecular weight is 854 g/mol. The summed E-state index contributed by atoms with van der Waals surface area (Å²) in [7, 11) is 1.26. The monoisotopic (exact) mass is 853 g/mol. The number of rotatable bonds is 11. The summed E-state index contributed by atoms with van der Waals surface area (Å²) in [5.74, 6) is 0.783. The number of nitrogens with zero attached hydrogens (tertiary/aromatic N) is 7. The molecule has 0 radical (unpaired) electrons. The maximum Gasteiger partial charge on any atom is 0.435 e. The highest BCUT2D eigenvalue weighted by atomic mass is 32.2. The van der Waals surface area contributed by atoms with Crippen molar-refractivity contribution in [1.29, 1.82) is 0 Å². The van der Waals surface area contributed by atoms with Crippen LogP contribution >= 0.6 is 0 Å². The van der Waals surface area contributed by atoms with E-state index in [0.29, 0.717) is 50.7 Å².